The molecule has 0 aliphatic carbocycles. The minimum Gasteiger partial charge on any atom is -0.356 e. The van der Waals surface area contributed by atoms with Gasteiger partial charge in [-0.15, -0.1) is 11.3 Å². The first-order chi connectivity index (χ1) is 16.2. The quantitative estimate of drug-likeness (QED) is 0.485. The molecule has 6 heterocycles. The molecule has 33 heavy (non-hydrogen) atoms. The molecule has 0 unspecified atom stereocenters. The van der Waals surface area contributed by atoms with Crippen molar-refractivity contribution in [2.75, 3.05) is 24.5 Å². The van der Waals surface area contributed by atoms with E-state index >= 15 is 0 Å². The third kappa shape index (κ3) is 3.70. The number of likely N-dealkylation sites (tertiary alicyclic amines) is 1. The van der Waals surface area contributed by atoms with Crippen LogP contribution in [0.15, 0.2) is 35.8 Å². The number of hydrogen-bond acceptors (Lipinski definition) is 6. The molecule has 1 N–H and O–H groups in total. The van der Waals surface area contributed by atoms with Crippen molar-refractivity contribution in [3.05, 3.63) is 52.8 Å². The van der Waals surface area contributed by atoms with Gasteiger partial charge in [0, 0.05) is 37.5 Å². The van der Waals surface area contributed by atoms with Crippen molar-refractivity contribution in [1.82, 2.24) is 29.7 Å². The van der Waals surface area contributed by atoms with E-state index in [9.17, 15) is 4.79 Å². The number of nitrogens with zero attached hydrogens (tertiary/aromatic N) is 6. The lowest BCUT2D eigenvalue weighted by molar-refractivity contribution is 0.0599. The molecule has 1 atom stereocenters. The monoisotopic (exact) mass is 461 g/mol. The summed E-state index contributed by atoms with van der Waals surface area (Å²) in [5.41, 5.74) is 4.22. The molecular formula is C24H27N7OS. The van der Waals surface area contributed by atoms with Crippen LogP contribution in [-0.4, -0.2) is 55.2 Å². The van der Waals surface area contributed by atoms with Crippen LogP contribution in [0.1, 0.15) is 59.9 Å². The molecule has 0 radical (unpaired) electrons. The number of anilines is 1. The van der Waals surface area contributed by atoms with Crippen LogP contribution >= 0.6 is 11.3 Å². The van der Waals surface area contributed by atoms with Gasteiger partial charge in [0.25, 0.3) is 5.91 Å². The molecule has 2 aliphatic heterocycles. The Kier molecular flexibility index (Phi) is 5.13. The molecule has 2 fully saturated rings. The number of rotatable bonds is 4. The summed E-state index contributed by atoms with van der Waals surface area (Å²) in [5, 5.41) is 14.2. The van der Waals surface area contributed by atoms with Gasteiger partial charge in [0.05, 0.1) is 22.3 Å². The van der Waals surface area contributed by atoms with Gasteiger partial charge in [-0.05, 0) is 56.5 Å². The predicted molar refractivity (Wildman–Crippen MR) is 129 cm³/mol. The van der Waals surface area contributed by atoms with E-state index in [-0.39, 0.29) is 11.9 Å². The molecular weight excluding hydrogens is 434 g/mol. The van der Waals surface area contributed by atoms with Crippen LogP contribution in [0.4, 0.5) is 5.82 Å². The van der Waals surface area contributed by atoms with Gasteiger partial charge in [-0.1, -0.05) is 6.07 Å². The number of amides is 1. The predicted octanol–water partition coefficient (Wildman–Crippen LogP) is 4.46. The maximum Gasteiger partial charge on any atom is 0.274 e. The van der Waals surface area contributed by atoms with Crippen molar-refractivity contribution < 1.29 is 4.79 Å². The molecule has 1 amide bonds. The van der Waals surface area contributed by atoms with Crippen LogP contribution in [0.25, 0.3) is 16.2 Å². The second-order valence-corrected chi connectivity index (χ2v) is 9.92. The zero-order chi connectivity index (χ0) is 22.4. The molecule has 0 spiro atoms. The van der Waals surface area contributed by atoms with E-state index in [2.05, 4.69) is 34.3 Å². The maximum atomic E-state index is 13.5. The first-order valence-electron chi connectivity index (χ1n) is 11.7. The van der Waals surface area contributed by atoms with Crippen LogP contribution in [-0.2, 0) is 0 Å². The highest BCUT2D eigenvalue weighted by molar-refractivity contribution is 7.13. The van der Waals surface area contributed by atoms with E-state index in [1.807, 2.05) is 33.0 Å². The fourth-order valence-electron chi connectivity index (χ4n) is 5.05. The van der Waals surface area contributed by atoms with Gasteiger partial charge >= 0.3 is 0 Å². The smallest absolute Gasteiger partial charge is 0.274 e. The van der Waals surface area contributed by atoms with Crippen LogP contribution in [0, 0.1) is 6.92 Å². The number of aromatic nitrogens is 5. The molecule has 2 saturated heterocycles. The molecule has 170 valence electrons. The molecule has 8 nitrogen and oxygen atoms in total. The lowest BCUT2D eigenvalue weighted by atomic mass is 9.99. The van der Waals surface area contributed by atoms with E-state index in [1.54, 1.807) is 11.3 Å². The minimum absolute atomic E-state index is 0.0438. The number of carbonyl (C=O) groups is 1. The number of nitrogens with one attached hydrogen (secondary N) is 1. The summed E-state index contributed by atoms with van der Waals surface area (Å²) in [4.78, 5) is 23.8. The van der Waals surface area contributed by atoms with E-state index in [4.69, 9.17) is 10.1 Å². The van der Waals surface area contributed by atoms with Crippen LogP contribution in [0.2, 0.25) is 0 Å². The number of aromatic amines is 1. The molecule has 4 aromatic heterocycles. The summed E-state index contributed by atoms with van der Waals surface area (Å²) >= 11 is 1.63. The van der Waals surface area contributed by atoms with E-state index < -0.39 is 0 Å². The van der Waals surface area contributed by atoms with Gasteiger partial charge in [-0.2, -0.15) is 10.2 Å². The van der Waals surface area contributed by atoms with Crippen LogP contribution in [0.5, 0.6) is 0 Å². The number of H-pyrrole nitrogens is 1. The van der Waals surface area contributed by atoms with Gasteiger partial charge in [-0.25, -0.2) is 9.50 Å². The fraction of sp³-hybridized carbons (Fsp3) is 0.417. The topological polar surface area (TPSA) is 82.4 Å². The summed E-state index contributed by atoms with van der Waals surface area (Å²) in [6, 6.07) is 7.87. The largest absolute Gasteiger partial charge is 0.356 e. The average molecular weight is 462 g/mol. The Morgan fingerprint density at radius 1 is 1.15 bits per heavy atom. The van der Waals surface area contributed by atoms with Gasteiger partial charge in [0.2, 0.25) is 0 Å². The summed E-state index contributed by atoms with van der Waals surface area (Å²) in [7, 11) is 0. The molecule has 2 aliphatic rings. The van der Waals surface area contributed by atoms with E-state index in [1.165, 1.54) is 12.8 Å². The molecule has 9 heteroatoms. The molecule has 4 aromatic rings. The van der Waals surface area contributed by atoms with Crippen molar-refractivity contribution >= 4 is 28.7 Å². The highest BCUT2D eigenvalue weighted by atomic mass is 32.1. The Balaban J connectivity index is 1.30. The Labute approximate surface area is 196 Å². The average Bonchev–Trinajstić information content (AvgIpc) is 3.63. The van der Waals surface area contributed by atoms with Crippen molar-refractivity contribution in [2.45, 2.75) is 45.1 Å². The molecule has 6 rings (SSSR count). The zero-order valence-electron chi connectivity index (χ0n) is 18.7. The van der Waals surface area contributed by atoms with Crippen molar-refractivity contribution in [2.24, 2.45) is 0 Å². The summed E-state index contributed by atoms with van der Waals surface area (Å²) in [6.45, 7) is 4.94. The number of hydrogen-bond donors (Lipinski definition) is 1. The van der Waals surface area contributed by atoms with Crippen molar-refractivity contribution in [3.8, 4) is 10.6 Å². The SMILES string of the molecule is Cc1cn2nc([C@@H]3CCCCN3C(=O)c3cc(-c4cccs4)[nH]n3)cc2nc1N1CCCC1. The lowest BCUT2D eigenvalue weighted by Gasteiger charge is -2.34. The van der Waals surface area contributed by atoms with Crippen LogP contribution in [0.3, 0.4) is 0 Å². The first kappa shape index (κ1) is 20.4. The number of aryl methyl sites for hydroxylation is 1. The highest BCUT2D eigenvalue weighted by Gasteiger charge is 2.32. The maximum absolute atomic E-state index is 13.5. The van der Waals surface area contributed by atoms with Gasteiger partial charge < -0.3 is 9.80 Å². The zero-order valence-corrected chi connectivity index (χ0v) is 19.5. The second-order valence-electron chi connectivity index (χ2n) is 8.97. The lowest BCUT2D eigenvalue weighted by Crippen LogP contribution is -2.38. The van der Waals surface area contributed by atoms with E-state index in [0.29, 0.717) is 12.2 Å². The fourth-order valence-corrected chi connectivity index (χ4v) is 5.74. The van der Waals surface area contributed by atoms with Crippen molar-refractivity contribution in [3.63, 3.8) is 0 Å². The standard InChI is InChI=1S/C24H27N7OS/c1-16-15-31-22(25-23(16)29-9-4-5-10-29)14-17(28-31)20-7-2-3-11-30(20)24(32)19-13-18(26-27-19)21-8-6-12-33-21/h6,8,12-15,20H,2-5,7,9-11H2,1H3,(H,26,27)/t20-/m0/s1. The number of carbonyl (C=O) groups excluding carboxylic acids is 1. The summed E-state index contributed by atoms with van der Waals surface area (Å²) in [5.74, 6) is 1.01. The number of thiophene rings is 1. The molecule has 0 saturated carbocycles. The Morgan fingerprint density at radius 2 is 2.00 bits per heavy atom. The number of fused-ring (bicyclic) bond motifs is 1. The summed E-state index contributed by atoms with van der Waals surface area (Å²) in [6.07, 6.45) is 7.48. The minimum atomic E-state index is -0.0645. The first-order valence-corrected chi connectivity index (χ1v) is 12.6. The summed E-state index contributed by atoms with van der Waals surface area (Å²) < 4.78 is 1.87. The van der Waals surface area contributed by atoms with Crippen LogP contribution < -0.4 is 4.90 Å². The Bertz CT molecular complexity index is 1290. The third-order valence-corrected chi connectivity index (χ3v) is 7.62. The van der Waals surface area contributed by atoms with Gasteiger partial charge in [0.15, 0.2) is 11.3 Å². The Morgan fingerprint density at radius 3 is 2.82 bits per heavy atom. The molecule has 0 bridgehead atoms. The normalized spacial score (nSPS) is 19.0. The second kappa shape index (κ2) is 8.30. The third-order valence-electron chi connectivity index (χ3n) is 6.72. The van der Waals surface area contributed by atoms with Gasteiger partial charge in [0.1, 0.15) is 5.82 Å². The molecule has 0 aromatic carbocycles. The van der Waals surface area contributed by atoms with Gasteiger partial charge in [-0.3, -0.25) is 9.89 Å². The Hall–Kier alpha value is -3.20. The highest BCUT2D eigenvalue weighted by Crippen LogP contribution is 2.33. The van der Waals surface area contributed by atoms with E-state index in [0.717, 1.165) is 65.6 Å². The number of piperidine rings is 1. The van der Waals surface area contributed by atoms with Crippen molar-refractivity contribution in [1.29, 1.82) is 0 Å².